The van der Waals surface area contributed by atoms with Crippen molar-refractivity contribution in [2.45, 2.75) is 0 Å². The Morgan fingerprint density at radius 1 is 0.273 bits per heavy atom. The van der Waals surface area contributed by atoms with Gasteiger partial charge in [-0.05, 0) is 101 Å². The van der Waals surface area contributed by atoms with Crippen LogP contribution in [0.5, 0.6) is 0 Å². The molecule has 3 heterocycles. The van der Waals surface area contributed by atoms with E-state index in [1.54, 1.807) is 0 Å². The van der Waals surface area contributed by atoms with Crippen molar-refractivity contribution in [3.8, 4) is 5.69 Å². The predicted molar refractivity (Wildman–Crippen MR) is 280 cm³/mol. The summed E-state index contributed by atoms with van der Waals surface area (Å²) in [6.45, 7) is 0. The fourth-order valence-electron chi connectivity index (χ4n) is 11.0. The van der Waals surface area contributed by atoms with Crippen LogP contribution in [0.3, 0.4) is 0 Å². The summed E-state index contributed by atoms with van der Waals surface area (Å²) in [6, 6.07) is 88.8. The van der Waals surface area contributed by atoms with Gasteiger partial charge in [0.2, 0.25) is 0 Å². The molecule has 0 radical (unpaired) electrons. The monoisotopic (exact) mass is 840 g/mol. The molecule has 0 aliphatic carbocycles. The van der Waals surface area contributed by atoms with Crippen molar-refractivity contribution >= 4 is 116 Å². The topological polar surface area (TPSA) is 15.8 Å². The maximum absolute atomic E-state index is 2.51. The van der Waals surface area contributed by atoms with Gasteiger partial charge in [0.05, 0.1) is 39.0 Å². The van der Waals surface area contributed by atoms with Gasteiger partial charge in [-0.25, -0.2) is 0 Å². The highest BCUT2D eigenvalue weighted by atomic mass is 15.2. The van der Waals surface area contributed by atoms with Crippen molar-refractivity contribution in [2.75, 3.05) is 9.80 Å². The molecule has 14 aromatic rings. The molecule has 4 heteroatoms. The number of benzene rings is 11. The van der Waals surface area contributed by atoms with Gasteiger partial charge in [-0.3, -0.25) is 0 Å². The van der Waals surface area contributed by atoms with Crippen LogP contribution in [0.15, 0.2) is 243 Å². The number of nitrogens with zero attached hydrogens (tertiary/aromatic N) is 4. The molecular formula is C62H40N4. The molecule has 0 unspecified atom stereocenters. The third-order valence-corrected chi connectivity index (χ3v) is 13.7. The fourth-order valence-corrected chi connectivity index (χ4v) is 11.0. The first-order valence-corrected chi connectivity index (χ1v) is 22.7. The van der Waals surface area contributed by atoms with Gasteiger partial charge in [0.25, 0.3) is 0 Å². The molecule has 0 aliphatic rings. The molecule has 11 aromatic carbocycles. The molecule has 0 saturated carbocycles. The van der Waals surface area contributed by atoms with Crippen molar-refractivity contribution in [1.82, 2.24) is 8.97 Å². The largest absolute Gasteiger partial charge is 0.310 e. The van der Waals surface area contributed by atoms with Gasteiger partial charge < -0.3 is 18.8 Å². The van der Waals surface area contributed by atoms with Crippen molar-refractivity contribution < 1.29 is 0 Å². The van der Waals surface area contributed by atoms with Gasteiger partial charge in [-0.1, -0.05) is 158 Å². The van der Waals surface area contributed by atoms with Crippen LogP contribution >= 0.6 is 0 Å². The van der Waals surface area contributed by atoms with Crippen LogP contribution in [-0.4, -0.2) is 8.97 Å². The van der Waals surface area contributed by atoms with E-state index >= 15 is 0 Å². The van der Waals surface area contributed by atoms with E-state index in [1.807, 2.05) is 0 Å². The van der Waals surface area contributed by atoms with Gasteiger partial charge in [0, 0.05) is 66.1 Å². The third-order valence-electron chi connectivity index (χ3n) is 13.7. The smallest absolute Gasteiger partial charge is 0.0619 e. The molecule has 0 atom stereocenters. The van der Waals surface area contributed by atoms with Crippen LogP contribution in [0.4, 0.5) is 34.1 Å². The highest BCUT2D eigenvalue weighted by Gasteiger charge is 2.24. The van der Waals surface area contributed by atoms with Crippen molar-refractivity contribution in [1.29, 1.82) is 0 Å². The number of fused-ring (bicyclic) bond motifs is 7. The first kappa shape index (κ1) is 36.6. The molecule has 308 valence electrons. The lowest BCUT2D eigenvalue weighted by atomic mass is 10.0. The summed E-state index contributed by atoms with van der Waals surface area (Å²) in [6.07, 6.45) is 0. The van der Waals surface area contributed by atoms with Gasteiger partial charge in [0.1, 0.15) is 0 Å². The molecule has 0 spiro atoms. The summed E-state index contributed by atoms with van der Waals surface area (Å²) in [7, 11) is 0. The van der Waals surface area contributed by atoms with E-state index in [2.05, 4.69) is 261 Å². The van der Waals surface area contributed by atoms with E-state index < -0.39 is 0 Å². The zero-order valence-corrected chi connectivity index (χ0v) is 35.9. The minimum absolute atomic E-state index is 1.06. The molecule has 0 aliphatic heterocycles. The Kier molecular flexibility index (Phi) is 7.95. The van der Waals surface area contributed by atoms with E-state index in [9.17, 15) is 0 Å². The molecule has 0 amide bonds. The molecule has 14 rings (SSSR count). The summed E-state index contributed by atoms with van der Waals surface area (Å²) < 4.78 is 4.99. The average Bonchev–Trinajstić information content (AvgIpc) is 3.86. The van der Waals surface area contributed by atoms with Crippen LogP contribution in [0.25, 0.3) is 87.1 Å². The van der Waals surface area contributed by atoms with Crippen LogP contribution in [0, 0.1) is 0 Å². The number of para-hydroxylation sites is 3. The Labute approximate surface area is 381 Å². The van der Waals surface area contributed by atoms with E-state index in [1.165, 1.54) is 81.4 Å². The quantitative estimate of drug-likeness (QED) is 0.159. The zero-order chi connectivity index (χ0) is 43.3. The highest BCUT2D eigenvalue weighted by molar-refractivity contribution is 6.31. The summed E-state index contributed by atoms with van der Waals surface area (Å²) >= 11 is 0. The first-order chi connectivity index (χ1) is 32.8. The summed E-state index contributed by atoms with van der Waals surface area (Å²) in [5.74, 6) is 0. The van der Waals surface area contributed by atoms with Crippen molar-refractivity contribution in [3.05, 3.63) is 243 Å². The molecule has 0 fully saturated rings. The van der Waals surface area contributed by atoms with E-state index in [0.717, 1.165) is 39.8 Å². The molecule has 3 aromatic heterocycles. The normalized spacial score (nSPS) is 11.9. The van der Waals surface area contributed by atoms with Crippen LogP contribution in [0.1, 0.15) is 0 Å². The standard InChI is InChI=1S/C62H40N4/c1-2-21-43(22-3-1)63(54-34-10-19-41-17-4-6-27-48(41)54)44-23-12-24-45(39-44)64(55-35-11-20-42-18-5-7-28-49(42)55)46-25-13-26-47(40-46)65-57-36-15-30-51-53-32-14-31-52-50-29-8-9-33-56(50)66(62(52)53)59-38-16-37-58(65)61(59)60(51)57/h1-40H. The van der Waals surface area contributed by atoms with Crippen LogP contribution in [-0.2, 0) is 0 Å². The summed E-state index contributed by atoms with van der Waals surface area (Å²) in [4.78, 5) is 4.83. The van der Waals surface area contributed by atoms with E-state index in [0.29, 0.717) is 0 Å². The third kappa shape index (κ3) is 5.33. The lowest BCUT2D eigenvalue weighted by molar-refractivity contribution is 1.17. The SMILES string of the molecule is c1ccc(N(c2cccc(N(c3cccc(-n4c5cccc6c7cccc8c9ccccc9n(c9cccc4c9c65)c78)c3)c3cccc4ccccc34)c2)c2cccc3ccccc23)cc1. The van der Waals surface area contributed by atoms with Crippen LogP contribution in [0.2, 0.25) is 0 Å². The number of hydrogen-bond donors (Lipinski definition) is 0. The Balaban J connectivity index is 1.02. The first-order valence-electron chi connectivity index (χ1n) is 22.7. The van der Waals surface area contributed by atoms with Gasteiger partial charge in [-0.2, -0.15) is 0 Å². The lowest BCUT2D eigenvalue weighted by Crippen LogP contribution is -2.14. The second-order valence-corrected chi connectivity index (χ2v) is 17.3. The highest BCUT2D eigenvalue weighted by Crippen LogP contribution is 2.47. The second-order valence-electron chi connectivity index (χ2n) is 17.3. The minimum atomic E-state index is 1.06. The van der Waals surface area contributed by atoms with E-state index in [-0.39, 0.29) is 0 Å². The molecule has 4 nitrogen and oxygen atoms in total. The Bertz CT molecular complexity index is 4190. The fraction of sp³-hybridized carbons (Fsp3) is 0. The maximum atomic E-state index is 2.51. The van der Waals surface area contributed by atoms with E-state index in [4.69, 9.17) is 0 Å². The number of aromatic nitrogens is 2. The maximum Gasteiger partial charge on any atom is 0.0619 e. The predicted octanol–water partition coefficient (Wildman–Crippen LogP) is 17.2. The Morgan fingerprint density at radius 3 is 1.44 bits per heavy atom. The van der Waals surface area contributed by atoms with Gasteiger partial charge in [0.15, 0.2) is 0 Å². The molecule has 66 heavy (non-hydrogen) atoms. The van der Waals surface area contributed by atoms with Crippen LogP contribution < -0.4 is 9.80 Å². The van der Waals surface area contributed by atoms with Crippen molar-refractivity contribution in [2.24, 2.45) is 0 Å². The average molecular weight is 841 g/mol. The lowest BCUT2D eigenvalue weighted by Gasteiger charge is -2.30. The second kappa shape index (κ2) is 14.3. The number of rotatable bonds is 7. The summed E-state index contributed by atoms with van der Waals surface area (Å²) in [5, 5.41) is 12.4. The summed E-state index contributed by atoms with van der Waals surface area (Å²) in [5.41, 5.74) is 13.7. The zero-order valence-electron chi connectivity index (χ0n) is 35.9. The molecule has 0 bridgehead atoms. The van der Waals surface area contributed by atoms with Gasteiger partial charge in [-0.15, -0.1) is 0 Å². The number of anilines is 6. The molecule has 0 saturated heterocycles. The number of hydrogen-bond acceptors (Lipinski definition) is 2. The minimum Gasteiger partial charge on any atom is -0.310 e. The van der Waals surface area contributed by atoms with Gasteiger partial charge >= 0.3 is 0 Å². The van der Waals surface area contributed by atoms with Crippen molar-refractivity contribution in [3.63, 3.8) is 0 Å². The molecule has 0 N–H and O–H groups in total. The Hall–Kier alpha value is -8.86. The molecular weight excluding hydrogens is 801 g/mol. The Morgan fingerprint density at radius 2 is 0.712 bits per heavy atom.